The van der Waals surface area contributed by atoms with Gasteiger partial charge < -0.3 is 14.9 Å². The van der Waals surface area contributed by atoms with Gasteiger partial charge in [0.2, 0.25) is 0 Å². The maximum atomic E-state index is 12.0. The van der Waals surface area contributed by atoms with Crippen molar-refractivity contribution in [3.05, 3.63) is 64.0 Å². The van der Waals surface area contributed by atoms with Crippen molar-refractivity contribution in [1.82, 2.24) is 0 Å². The van der Waals surface area contributed by atoms with Crippen LogP contribution >= 0.6 is 0 Å². The van der Waals surface area contributed by atoms with Crippen LogP contribution in [0.15, 0.2) is 47.6 Å². The van der Waals surface area contributed by atoms with E-state index >= 15 is 0 Å². The van der Waals surface area contributed by atoms with Crippen LogP contribution in [-0.4, -0.2) is 22.5 Å². The molecule has 0 saturated carbocycles. The van der Waals surface area contributed by atoms with E-state index in [2.05, 4.69) is 23.9 Å². The Morgan fingerprint density at radius 1 is 1.19 bits per heavy atom. The van der Waals surface area contributed by atoms with E-state index in [9.17, 15) is 15.0 Å². The summed E-state index contributed by atoms with van der Waals surface area (Å²) in [4.78, 5) is 14.7. The Bertz CT molecular complexity index is 828. The summed E-state index contributed by atoms with van der Waals surface area (Å²) >= 11 is 0. The Morgan fingerprint density at radius 2 is 1.85 bits per heavy atom. The van der Waals surface area contributed by atoms with Gasteiger partial charge >= 0.3 is 0 Å². The molecule has 2 N–H and O–H groups in total. The molecule has 0 aliphatic carbocycles. The van der Waals surface area contributed by atoms with Crippen molar-refractivity contribution in [3.8, 4) is 17.2 Å². The van der Waals surface area contributed by atoms with Crippen molar-refractivity contribution < 1.29 is 19.7 Å². The number of benzene rings is 2. The fourth-order valence-electron chi connectivity index (χ4n) is 2.55. The second kappa shape index (κ2) is 9.50. The fraction of sp³-hybridized carbons (Fsp3) is 0.350. The molecule has 0 bridgehead atoms. The number of aromatic hydroxyl groups is 2. The lowest BCUT2D eigenvalue weighted by atomic mass is 9.96. The number of phenolic OH excluding ortho intramolecular Hbond substituents is 2. The van der Waals surface area contributed by atoms with Crippen molar-refractivity contribution in [1.29, 1.82) is 0 Å². The number of carbonyl (C=O) groups is 1. The van der Waals surface area contributed by atoms with Gasteiger partial charge in [-0.25, -0.2) is 0 Å². The highest BCUT2D eigenvalue weighted by Crippen LogP contribution is 2.36. The summed E-state index contributed by atoms with van der Waals surface area (Å²) in [6.45, 7) is 4.84. The number of nitrogens with zero attached hydrogens (tertiary/aromatic N) is 3. The number of Topliss-reactive ketones (excluding diaryl/α,β-unsaturated/α-hetero) is 1. The first-order valence-corrected chi connectivity index (χ1v) is 8.73. The van der Waals surface area contributed by atoms with Crippen LogP contribution in [0.1, 0.15) is 48.7 Å². The quantitative estimate of drug-likeness (QED) is 0.440. The van der Waals surface area contributed by atoms with Crippen molar-refractivity contribution in [2.75, 3.05) is 6.54 Å². The second-order valence-electron chi connectivity index (χ2n) is 6.64. The molecule has 1 aliphatic rings. The molecule has 1 aliphatic heterocycles. The maximum Gasteiger partial charge on any atom is 0.170 e. The molecule has 0 aromatic heterocycles. The number of phenols is 2. The van der Waals surface area contributed by atoms with Crippen LogP contribution in [0.2, 0.25) is 0 Å². The summed E-state index contributed by atoms with van der Waals surface area (Å²) in [5.41, 5.74) is 9.15. The zero-order valence-electron chi connectivity index (χ0n) is 15.4. The lowest BCUT2D eigenvalue weighted by Crippen LogP contribution is -2.20. The minimum atomic E-state index is -0.387. The van der Waals surface area contributed by atoms with Gasteiger partial charge in [0.05, 0.1) is 12.0 Å². The summed E-state index contributed by atoms with van der Waals surface area (Å²) in [6, 6.07) is 11.0. The zero-order valence-corrected chi connectivity index (χ0v) is 15.4. The number of hydrogen-bond acceptors (Lipinski definition) is 5. The van der Waals surface area contributed by atoms with Crippen LogP contribution < -0.4 is 4.74 Å². The third-order valence-electron chi connectivity index (χ3n) is 4.04. The predicted octanol–water partition coefficient (Wildman–Crippen LogP) is 5.15. The summed E-state index contributed by atoms with van der Waals surface area (Å²) in [6.07, 6.45) is 0.856. The Kier molecular flexibility index (Phi) is 7.08. The highest BCUT2D eigenvalue weighted by Gasteiger charge is 2.27. The van der Waals surface area contributed by atoms with Gasteiger partial charge in [-0.3, -0.25) is 4.79 Å². The molecule has 0 radical (unpaired) electrons. The number of ether oxygens (including phenoxy) is 1. The largest absolute Gasteiger partial charge is 0.508 e. The molecule has 142 valence electrons. The molecule has 0 unspecified atom stereocenters. The molecule has 0 amide bonds. The third-order valence-corrected chi connectivity index (χ3v) is 4.04. The summed E-state index contributed by atoms with van der Waals surface area (Å²) in [5, 5.41) is 22.1. The van der Waals surface area contributed by atoms with Crippen molar-refractivity contribution >= 4 is 5.78 Å². The van der Waals surface area contributed by atoms with Crippen LogP contribution in [0.25, 0.3) is 10.4 Å². The number of carbonyl (C=O) groups excluding carboxylic acids is 1. The van der Waals surface area contributed by atoms with Gasteiger partial charge in [0.15, 0.2) is 5.78 Å². The molecule has 0 saturated heterocycles. The van der Waals surface area contributed by atoms with Gasteiger partial charge in [0.1, 0.15) is 23.4 Å². The predicted molar refractivity (Wildman–Crippen MR) is 102 cm³/mol. The van der Waals surface area contributed by atoms with E-state index in [0.29, 0.717) is 23.8 Å². The van der Waals surface area contributed by atoms with Crippen LogP contribution in [0.3, 0.4) is 0 Å². The Morgan fingerprint density at radius 3 is 2.48 bits per heavy atom. The van der Waals surface area contributed by atoms with Crippen molar-refractivity contribution in [2.24, 2.45) is 11.0 Å². The van der Waals surface area contributed by atoms with E-state index in [4.69, 9.17) is 10.3 Å². The van der Waals surface area contributed by atoms with Crippen LogP contribution in [0.5, 0.6) is 17.2 Å². The molecule has 3 rings (SSSR count). The van der Waals surface area contributed by atoms with E-state index < -0.39 is 0 Å². The van der Waals surface area contributed by atoms with Crippen LogP contribution in [0, 0.1) is 5.92 Å². The Balaban J connectivity index is 0.000000279. The van der Waals surface area contributed by atoms with E-state index in [1.54, 1.807) is 30.3 Å². The number of fused-ring (bicyclic) bond motifs is 1. The average Bonchev–Trinajstić information content (AvgIpc) is 2.62. The minimum absolute atomic E-state index is 0.0145. The van der Waals surface area contributed by atoms with Gasteiger partial charge in [-0.1, -0.05) is 31.1 Å². The third kappa shape index (κ3) is 5.94. The molecule has 2 aromatic carbocycles. The van der Waals surface area contributed by atoms with E-state index in [1.807, 2.05) is 0 Å². The van der Waals surface area contributed by atoms with Crippen molar-refractivity contribution in [2.45, 2.75) is 32.8 Å². The molecule has 7 heteroatoms. The molecule has 1 heterocycles. The topological polar surface area (TPSA) is 116 Å². The molecule has 27 heavy (non-hydrogen) atoms. The number of azide groups is 1. The molecule has 2 aromatic rings. The number of hydrogen-bond donors (Lipinski definition) is 2. The molecule has 0 spiro atoms. The van der Waals surface area contributed by atoms with Crippen LogP contribution in [0.4, 0.5) is 0 Å². The zero-order chi connectivity index (χ0) is 19.8. The fourth-order valence-corrected chi connectivity index (χ4v) is 2.55. The Hall–Kier alpha value is -3.18. The van der Waals surface area contributed by atoms with Gasteiger partial charge in [-0.2, -0.15) is 0 Å². The Labute approximate surface area is 157 Å². The van der Waals surface area contributed by atoms with Gasteiger partial charge in [0.25, 0.3) is 0 Å². The number of rotatable bonds is 4. The summed E-state index contributed by atoms with van der Waals surface area (Å²) < 4.78 is 5.75. The highest BCUT2D eigenvalue weighted by molar-refractivity contribution is 6.00. The highest BCUT2D eigenvalue weighted by atomic mass is 16.5. The maximum absolute atomic E-state index is 12.0. The van der Waals surface area contributed by atoms with E-state index in [0.717, 1.165) is 12.0 Å². The lowest BCUT2D eigenvalue weighted by Gasteiger charge is -2.25. The average molecular weight is 369 g/mol. The lowest BCUT2D eigenvalue weighted by molar-refractivity contribution is 0.0849. The molecular weight excluding hydrogens is 346 g/mol. The van der Waals surface area contributed by atoms with E-state index in [1.165, 1.54) is 12.1 Å². The first-order valence-electron chi connectivity index (χ1n) is 8.73. The summed E-state index contributed by atoms with van der Waals surface area (Å²) in [5.74, 6) is 1.26. The summed E-state index contributed by atoms with van der Waals surface area (Å²) in [7, 11) is 0. The SMILES string of the molecule is CC(C)CCN=[N+]=[N-].O=C1C[C@@H](c2ccc(O)cc2)Oc2cc(O)ccc21. The molecule has 0 fully saturated rings. The van der Waals surface area contributed by atoms with Crippen LogP contribution in [-0.2, 0) is 0 Å². The van der Waals surface area contributed by atoms with Gasteiger partial charge in [-0.15, -0.1) is 0 Å². The first kappa shape index (κ1) is 20.1. The molecule has 7 nitrogen and oxygen atoms in total. The number of ketones is 1. The minimum Gasteiger partial charge on any atom is -0.508 e. The van der Waals surface area contributed by atoms with Gasteiger partial charge in [-0.05, 0) is 47.7 Å². The normalized spacial score (nSPS) is 15.1. The molecule has 1 atom stereocenters. The molecular formula is C20H23N3O4. The second-order valence-corrected chi connectivity index (χ2v) is 6.64. The smallest absolute Gasteiger partial charge is 0.170 e. The monoisotopic (exact) mass is 369 g/mol. The first-order chi connectivity index (χ1) is 12.9. The standard InChI is InChI=1S/C15H12O4.C5H11N3/c16-10-3-1-9(2-4-10)14-8-13(18)12-6-5-11(17)7-15(12)19-14;1-5(2)3-4-7-8-6/h1-7,14,16-17H,8H2;5H,3-4H2,1-2H3/t14-;/m0./s1. The van der Waals surface area contributed by atoms with Gasteiger partial charge in [0, 0.05) is 17.5 Å². The van der Waals surface area contributed by atoms with E-state index in [-0.39, 0.29) is 29.8 Å². The van der Waals surface area contributed by atoms with Crippen molar-refractivity contribution in [3.63, 3.8) is 0 Å².